The fourth-order valence-corrected chi connectivity index (χ4v) is 4.40. The van der Waals surface area contributed by atoms with E-state index in [0.29, 0.717) is 18.4 Å². The van der Waals surface area contributed by atoms with Crippen LogP contribution in [0.25, 0.3) is 0 Å². The van der Waals surface area contributed by atoms with Crippen molar-refractivity contribution in [2.24, 2.45) is 22.7 Å². The zero-order valence-corrected chi connectivity index (χ0v) is 16.5. The summed E-state index contributed by atoms with van der Waals surface area (Å²) >= 11 is 0. The second-order valence-corrected chi connectivity index (χ2v) is 9.57. The predicted octanol–water partition coefficient (Wildman–Crippen LogP) is 3.75. The first-order valence-electron chi connectivity index (χ1n) is 9.31. The van der Waals surface area contributed by atoms with Gasteiger partial charge >= 0.3 is 6.18 Å². The molecule has 0 aromatic heterocycles. The van der Waals surface area contributed by atoms with E-state index in [1.165, 1.54) is 0 Å². The molecule has 3 aliphatic rings. The van der Waals surface area contributed by atoms with E-state index in [4.69, 9.17) is 0 Å². The lowest BCUT2D eigenvalue weighted by Crippen LogP contribution is -2.68. The molecule has 7 heteroatoms. The molecule has 0 aromatic carbocycles. The van der Waals surface area contributed by atoms with E-state index in [1.54, 1.807) is 0 Å². The number of nitrogens with zero attached hydrogens (tertiary/aromatic N) is 1. The zero-order valence-electron chi connectivity index (χ0n) is 16.5. The van der Waals surface area contributed by atoms with Gasteiger partial charge in [0, 0.05) is 19.0 Å². The molecule has 0 radical (unpaired) electrons. The van der Waals surface area contributed by atoms with E-state index >= 15 is 0 Å². The van der Waals surface area contributed by atoms with Crippen LogP contribution in [-0.4, -0.2) is 41.5 Å². The number of hydrogen-bond donors (Lipinski definition) is 1. The average Bonchev–Trinajstić information content (AvgIpc) is 2.47. The summed E-state index contributed by atoms with van der Waals surface area (Å²) in [5, 5.41) is 2.57. The first-order valence-corrected chi connectivity index (χ1v) is 9.31. The van der Waals surface area contributed by atoms with Crippen molar-refractivity contribution in [3.8, 4) is 0 Å². The number of amides is 2. The molecule has 26 heavy (non-hydrogen) atoms. The van der Waals surface area contributed by atoms with Crippen LogP contribution in [0.5, 0.6) is 0 Å². The van der Waals surface area contributed by atoms with Crippen molar-refractivity contribution in [1.82, 2.24) is 10.2 Å². The third-order valence-corrected chi connectivity index (χ3v) is 6.37. The Hall–Kier alpha value is -1.27. The first kappa shape index (κ1) is 21.0. The van der Waals surface area contributed by atoms with Crippen molar-refractivity contribution in [2.75, 3.05) is 6.54 Å². The van der Waals surface area contributed by atoms with Crippen molar-refractivity contribution in [3.05, 3.63) is 0 Å². The Balaban J connectivity index is 2.08. The van der Waals surface area contributed by atoms with Gasteiger partial charge in [-0.25, -0.2) is 0 Å². The Labute approximate surface area is 153 Å². The highest BCUT2D eigenvalue weighted by molar-refractivity contribution is 5.88. The highest BCUT2D eigenvalue weighted by Crippen LogP contribution is 2.57. The van der Waals surface area contributed by atoms with Gasteiger partial charge in [-0.2, -0.15) is 13.2 Å². The van der Waals surface area contributed by atoms with E-state index in [9.17, 15) is 22.8 Å². The molecular formula is C19H31F3N2O2. The summed E-state index contributed by atoms with van der Waals surface area (Å²) in [5.74, 6) is -0.0535. The standard InChI is InChI=1S/C19H31F3N2O2/c1-11-13-9-12(18(13,5)6)10-24(11)16(26)15(17(2,3)4)23-14(25)7-8-19(20,21)22/h11-13,15H,7-10H2,1-6H3,(H,23,25)/t11-,12?,13+,15-/m1/s1. The van der Waals surface area contributed by atoms with Gasteiger partial charge in [0.1, 0.15) is 6.04 Å². The number of hydrogen-bond acceptors (Lipinski definition) is 2. The highest BCUT2D eigenvalue weighted by atomic mass is 19.4. The molecule has 3 rings (SSSR count). The number of carbonyl (C=O) groups is 2. The van der Waals surface area contributed by atoms with Gasteiger partial charge in [0.25, 0.3) is 0 Å². The van der Waals surface area contributed by atoms with Crippen LogP contribution in [0.15, 0.2) is 0 Å². The van der Waals surface area contributed by atoms with Crippen LogP contribution in [-0.2, 0) is 9.59 Å². The van der Waals surface area contributed by atoms with Crippen LogP contribution in [0.3, 0.4) is 0 Å². The Morgan fingerprint density at radius 2 is 1.81 bits per heavy atom. The Kier molecular flexibility index (Phi) is 5.43. The molecule has 2 amide bonds. The molecule has 150 valence electrons. The minimum absolute atomic E-state index is 0.0689. The Morgan fingerprint density at radius 3 is 2.23 bits per heavy atom. The van der Waals surface area contributed by atoms with E-state index < -0.39 is 36.4 Å². The molecule has 4 nitrogen and oxygen atoms in total. The lowest BCUT2D eigenvalue weighted by molar-refractivity contribution is -0.170. The van der Waals surface area contributed by atoms with Crippen LogP contribution in [0, 0.1) is 22.7 Å². The van der Waals surface area contributed by atoms with E-state index in [2.05, 4.69) is 19.2 Å². The van der Waals surface area contributed by atoms with Crippen LogP contribution >= 0.6 is 0 Å². The van der Waals surface area contributed by atoms with Crippen molar-refractivity contribution in [1.29, 1.82) is 0 Å². The largest absolute Gasteiger partial charge is 0.389 e. The third kappa shape index (κ3) is 4.17. The third-order valence-electron chi connectivity index (χ3n) is 6.37. The number of nitrogens with one attached hydrogen (secondary N) is 1. The van der Waals surface area contributed by atoms with Crippen molar-refractivity contribution in [3.63, 3.8) is 0 Å². The summed E-state index contributed by atoms with van der Waals surface area (Å²) in [6.07, 6.45) is -5.11. The minimum Gasteiger partial charge on any atom is -0.344 e. The van der Waals surface area contributed by atoms with Gasteiger partial charge in [0.05, 0.1) is 6.42 Å². The second kappa shape index (κ2) is 6.71. The maximum atomic E-state index is 13.2. The van der Waals surface area contributed by atoms with Crippen LogP contribution in [0.1, 0.15) is 60.8 Å². The zero-order chi connectivity index (χ0) is 20.1. The monoisotopic (exact) mass is 376 g/mol. The molecule has 2 aliphatic heterocycles. The van der Waals surface area contributed by atoms with Gasteiger partial charge in [-0.3, -0.25) is 9.59 Å². The Morgan fingerprint density at radius 1 is 1.23 bits per heavy atom. The van der Waals surface area contributed by atoms with E-state index in [1.807, 2.05) is 32.6 Å². The SMILES string of the molecule is C[C@@H]1[C@@H]2CC(CN1C(=O)[C@@H](NC(=O)CCC(F)(F)F)C(C)(C)C)C2(C)C. The number of halogens is 3. The van der Waals surface area contributed by atoms with Crippen molar-refractivity contribution >= 4 is 11.8 Å². The fraction of sp³-hybridized carbons (Fsp3) is 0.895. The fourth-order valence-electron chi connectivity index (χ4n) is 4.40. The molecule has 0 aromatic rings. The highest BCUT2D eigenvalue weighted by Gasteiger charge is 2.57. The van der Waals surface area contributed by atoms with Gasteiger partial charge in [-0.1, -0.05) is 34.6 Å². The van der Waals surface area contributed by atoms with Crippen molar-refractivity contribution in [2.45, 2.75) is 79.1 Å². The number of fused-ring (bicyclic) bond motifs is 2. The predicted molar refractivity (Wildman–Crippen MR) is 93.2 cm³/mol. The smallest absolute Gasteiger partial charge is 0.344 e. The number of carbonyl (C=O) groups excluding carboxylic acids is 2. The topological polar surface area (TPSA) is 49.4 Å². The van der Waals surface area contributed by atoms with E-state index in [0.717, 1.165) is 6.42 Å². The summed E-state index contributed by atoms with van der Waals surface area (Å²) < 4.78 is 37.1. The molecule has 1 N–H and O–H groups in total. The van der Waals surface area contributed by atoms with Crippen molar-refractivity contribution < 1.29 is 22.8 Å². The van der Waals surface area contributed by atoms with Crippen LogP contribution in [0.2, 0.25) is 0 Å². The van der Waals surface area contributed by atoms with Gasteiger partial charge in [-0.15, -0.1) is 0 Å². The number of alkyl halides is 3. The van der Waals surface area contributed by atoms with Gasteiger partial charge < -0.3 is 10.2 Å². The molecule has 1 unspecified atom stereocenters. The number of rotatable bonds is 4. The van der Waals surface area contributed by atoms with E-state index in [-0.39, 0.29) is 17.4 Å². The maximum absolute atomic E-state index is 13.2. The maximum Gasteiger partial charge on any atom is 0.389 e. The Bertz CT molecular complexity index is 566. The molecule has 4 atom stereocenters. The first-order chi connectivity index (χ1) is 11.6. The van der Waals surface area contributed by atoms with Crippen LogP contribution < -0.4 is 5.32 Å². The molecule has 2 saturated heterocycles. The summed E-state index contributed by atoms with van der Waals surface area (Å²) in [4.78, 5) is 27.0. The summed E-state index contributed by atoms with van der Waals surface area (Å²) in [5.41, 5.74) is -0.370. The molecule has 2 bridgehead atoms. The second-order valence-electron chi connectivity index (χ2n) is 9.57. The summed E-state index contributed by atoms with van der Waals surface area (Å²) in [7, 11) is 0. The lowest BCUT2D eigenvalue weighted by Gasteiger charge is -2.63. The molecule has 1 saturated carbocycles. The lowest BCUT2D eigenvalue weighted by atomic mass is 9.50. The molecule has 3 fully saturated rings. The van der Waals surface area contributed by atoms with Crippen LogP contribution in [0.4, 0.5) is 13.2 Å². The number of piperidine rings is 2. The minimum atomic E-state index is -4.38. The normalized spacial score (nSPS) is 29.0. The molecule has 1 aliphatic carbocycles. The average molecular weight is 376 g/mol. The quantitative estimate of drug-likeness (QED) is 0.812. The van der Waals surface area contributed by atoms with Gasteiger partial charge in [0.2, 0.25) is 11.8 Å². The van der Waals surface area contributed by atoms with Gasteiger partial charge in [-0.05, 0) is 36.0 Å². The summed E-state index contributed by atoms with van der Waals surface area (Å²) in [6.45, 7) is 12.6. The van der Waals surface area contributed by atoms with Gasteiger partial charge in [0.15, 0.2) is 0 Å². The molecule has 2 heterocycles. The molecular weight excluding hydrogens is 345 g/mol. The summed E-state index contributed by atoms with van der Waals surface area (Å²) in [6, 6.07) is -0.759. The molecule has 0 spiro atoms.